The molecule has 0 fully saturated rings. The Labute approximate surface area is 191 Å². The van der Waals surface area contributed by atoms with Crippen LogP contribution in [0.25, 0.3) is 0 Å². The molecule has 1 unspecified atom stereocenters. The Morgan fingerprint density at radius 2 is 1.72 bits per heavy atom. The zero-order valence-electron chi connectivity index (χ0n) is 19.5. The molecule has 0 aliphatic rings. The molecule has 1 N–H and O–H groups in total. The topological polar surface area (TPSA) is 86.8 Å². The molecule has 2 aromatic carbocycles. The van der Waals surface area contributed by atoms with E-state index in [1.807, 2.05) is 58.0 Å². The maximum Gasteiger partial charge on any atom is 0.244 e. The minimum atomic E-state index is -3.72. The number of carbonyl (C=O) groups excluding carboxylic acids is 2. The quantitative estimate of drug-likeness (QED) is 0.592. The number of nitrogens with zero attached hydrogens (tertiary/aromatic N) is 2. The highest BCUT2D eigenvalue weighted by atomic mass is 32.2. The highest BCUT2D eigenvalue weighted by Gasteiger charge is 2.31. The summed E-state index contributed by atoms with van der Waals surface area (Å²) in [5, 5.41) is 2.79. The highest BCUT2D eigenvalue weighted by Crippen LogP contribution is 2.21. The first-order valence-electron chi connectivity index (χ1n) is 10.7. The molecule has 2 aromatic rings. The summed E-state index contributed by atoms with van der Waals surface area (Å²) >= 11 is 0. The van der Waals surface area contributed by atoms with Crippen molar-refractivity contribution in [1.29, 1.82) is 0 Å². The van der Waals surface area contributed by atoms with Crippen LogP contribution in [-0.2, 0) is 26.2 Å². The summed E-state index contributed by atoms with van der Waals surface area (Å²) in [4.78, 5) is 27.8. The lowest BCUT2D eigenvalue weighted by molar-refractivity contribution is -0.140. The van der Waals surface area contributed by atoms with Crippen LogP contribution in [0, 0.1) is 13.8 Å². The van der Waals surface area contributed by atoms with Gasteiger partial charge in [0.15, 0.2) is 0 Å². The van der Waals surface area contributed by atoms with Crippen molar-refractivity contribution in [3.05, 3.63) is 65.2 Å². The van der Waals surface area contributed by atoms with Crippen LogP contribution in [0.1, 0.15) is 37.0 Å². The third kappa shape index (κ3) is 6.56. The Morgan fingerprint density at radius 1 is 1.03 bits per heavy atom. The van der Waals surface area contributed by atoms with E-state index < -0.39 is 22.0 Å². The van der Waals surface area contributed by atoms with Crippen molar-refractivity contribution in [2.24, 2.45) is 0 Å². The highest BCUT2D eigenvalue weighted by molar-refractivity contribution is 7.92. The lowest BCUT2D eigenvalue weighted by atomic mass is 10.1. The second-order valence-corrected chi connectivity index (χ2v) is 9.78. The number of hydrogen-bond acceptors (Lipinski definition) is 4. The molecule has 0 saturated carbocycles. The van der Waals surface area contributed by atoms with Gasteiger partial charge in [0.05, 0.1) is 11.9 Å². The number of likely N-dealkylation sites (N-methyl/N-ethyl adjacent to an activating group) is 1. The van der Waals surface area contributed by atoms with Crippen molar-refractivity contribution in [3.8, 4) is 0 Å². The van der Waals surface area contributed by atoms with Crippen LogP contribution in [0.4, 0.5) is 5.69 Å². The van der Waals surface area contributed by atoms with Crippen LogP contribution in [0.5, 0.6) is 0 Å². The fraction of sp³-hybridized carbons (Fsp3) is 0.417. The number of sulfonamides is 1. The van der Waals surface area contributed by atoms with Gasteiger partial charge in [-0.1, -0.05) is 43.3 Å². The number of hydrogen-bond donors (Lipinski definition) is 1. The molecular weight excluding hydrogens is 426 g/mol. The molecule has 0 aromatic heterocycles. The number of nitrogens with one attached hydrogen (secondary N) is 1. The van der Waals surface area contributed by atoms with Crippen molar-refractivity contribution < 1.29 is 18.0 Å². The molecule has 0 radical (unpaired) electrons. The Bertz CT molecular complexity index is 1050. The summed E-state index contributed by atoms with van der Waals surface area (Å²) in [7, 11) is -3.72. The molecule has 0 aliphatic heterocycles. The first kappa shape index (κ1) is 25.4. The van der Waals surface area contributed by atoms with Gasteiger partial charge in [0.2, 0.25) is 21.8 Å². The zero-order valence-corrected chi connectivity index (χ0v) is 20.3. The Hall–Kier alpha value is -2.87. The Morgan fingerprint density at radius 3 is 2.28 bits per heavy atom. The minimum absolute atomic E-state index is 0.215. The van der Waals surface area contributed by atoms with Gasteiger partial charge in [-0.05, 0) is 56.0 Å². The summed E-state index contributed by atoms with van der Waals surface area (Å²) in [5.41, 5.74) is 3.21. The average Bonchev–Trinajstić information content (AvgIpc) is 2.72. The summed E-state index contributed by atoms with van der Waals surface area (Å²) in [6.45, 7) is 7.74. The monoisotopic (exact) mass is 459 g/mol. The maximum absolute atomic E-state index is 13.5. The third-order valence-corrected chi connectivity index (χ3v) is 6.45. The van der Waals surface area contributed by atoms with E-state index in [4.69, 9.17) is 0 Å². The summed E-state index contributed by atoms with van der Waals surface area (Å²) < 4.78 is 26.2. The summed E-state index contributed by atoms with van der Waals surface area (Å²) in [6, 6.07) is 13.9. The van der Waals surface area contributed by atoms with Crippen LogP contribution in [0.3, 0.4) is 0 Å². The molecule has 32 heavy (non-hydrogen) atoms. The van der Waals surface area contributed by atoms with E-state index in [1.165, 1.54) is 4.90 Å². The first-order valence-corrected chi connectivity index (χ1v) is 12.6. The maximum atomic E-state index is 13.5. The van der Waals surface area contributed by atoms with Crippen LogP contribution in [0.2, 0.25) is 0 Å². The largest absolute Gasteiger partial charge is 0.355 e. The van der Waals surface area contributed by atoms with Crippen molar-refractivity contribution in [1.82, 2.24) is 10.2 Å². The van der Waals surface area contributed by atoms with Gasteiger partial charge in [0, 0.05) is 13.1 Å². The second-order valence-electron chi connectivity index (χ2n) is 7.88. The zero-order chi connectivity index (χ0) is 23.9. The fourth-order valence-electron chi connectivity index (χ4n) is 3.58. The number of rotatable bonds is 10. The van der Waals surface area contributed by atoms with Gasteiger partial charge in [0.1, 0.15) is 12.6 Å². The number of anilines is 1. The summed E-state index contributed by atoms with van der Waals surface area (Å²) in [6.07, 6.45) is 1.49. The number of amides is 2. The van der Waals surface area contributed by atoms with Crippen LogP contribution in [0.15, 0.2) is 48.5 Å². The molecular formula is C24H33N3O4S. The van der Waals surface area contributed by atoms with Gasteiger partial charge in [-0.15, -0.1) is 0 Å². The van der Waals surface area contributed by atoms with Crippen molar-refractivity contribution in [3.63, 3.8) is 0 Å². The molecule has 0 heterocycles. The molecule has 0 bridgehead atoms. The molecule has 0 saturated heterocycles. The fourth-order valence-corrected chi connectivity index (χ4v) is 4.42. The average molecular weight is 460 g/mol. The SMILES string of the molecule is CCNC(=O)C(CC)N(Cc1ccccc1C)C(=O)CN(c1cccc(C)c1)S(C)(=O)=O. The van der Waals surface area contributed by atoms with E-state index in [9.17, 15) is 18.0 Å². The molecule has 1 atom stereocenters. The first-order chi connectivity index (χ1) is 15.1. The minimum Gasteiger partial charge on any atom is -0.355 e. The van der Waals surface area contributed by atoms with E-state index in [0.717, 1.165) is 27.3 Å². The van der Waals surface area contributed by atoms with Crippen molar-refractivity contribution in [2.45, 2.75) is 46.7 Å². The van der Waals surface area contributed by atoms with Crippen molar-refractivity contribution >= 4 is 27.5 Å². The van der Waals surface area contributed by atoms with E-state index in [2.05, 4.69) is 5.32 Å². The number of carbonyl (C=O) groups is 2. The van der Waals surface area contributed by atoms with Gasteiger partial charge in [-0.3, -0.25) is 13.9 Å². The van der Waals surface area contributed by atoms with Gasteiger partial charge in [-0.25, -0.2) is 8.42 Å². The molecule has 174 valence electrons. The van der Waals surface area contributed by atoms with E-state index >= 15 is 0 Å². The molecule has 0 aliphatic carbocycles. The lowest BCUT2D eigenvalue weighted by Gasteiger charge is -2.33. The number of aryl methyl sites for hydroxylation is 2. The second kappa shape index (κ2) is 11.1. The Balaban J connectivity index is 2.45. The van der Waals surface area contributed by atoms with E-state index in [0.29, 0.717) is 18.7 Å². The summed E-state index contributed by atoms with van der Waals surface area (Å²) in [5.74, 6) is -0.684. The third-order valence-electron chi connectivity index (χ3n) is 5.31. The molecule has 7 nitrogen and oxygen atoms in total. The molecule has 2 amide bonds. The molecule has 0 spiro atoms. The smallest absolute Gasteiger partial charge is 0.244 e. The van der Waals surface area contributed by atoms with E-state index in [-0.39, 0.29) is 19.0 Å². The number of benzene rings is 2. The van der Waals surface area contributed by atoms with Crippen LogP contribution < -0.4 is 9.62 Å². The van der Waals surface area contributed by atoms with E-state index in [1.54, 1.807) is 18.2 Å². The van der Waals surface area contributed by atoms with Gasteiger partial charge in [-0.2, -0.15) is 0 Å². The standard InChI is InChI=1S/C24H33N3O4S/c1-6-22(24(29)25-7-2)26(16-20-13-9-8-12-19(20)4)23(28)17-27(32(5,30)31)21-14-10-11-18(3)15-21/h8-15,22H,6-7,16-17H2,1-5H3,(H,25,29). The normalized spacial score (nSPS) is 12.2. The predicted octanol–water partition coefficient (Wildman–Crippen LogP) is 3.01. The van der Waals surface area contributed by atoms with Crippen molar-refractivity contribution in [2.75, 3.05) is 23.7 Å². The van der Waals surface area contributed by atoms with Crippen LogP contribution in [-0.4, -0.2) is 50.5 Å². The lowest BCUT2D eigenvalue weighted by Crippen LogP contribution is -2.52. The van der Waals surface area contributed by atoms with Gasteiger partial charge < -0.3 is 10.2 Å². The van der Waals surface area contributed by atoms with Crippen LogP contribution >= 0.6 is 0 Å². The molecule has 8 heteroatoms. The van der Waals surface area contributed by atoms with Gasteiger partial charge >= 0.3 is 0 Å². The molecule has 2 rings (SSSR count). The predicted molar refractivity (Wildman–Crippen MR) is 128 cm³/mol. The Kier molecular flexibility index (Phi) is 8.83. The van der Waals surface area contributed by atoms with Gasteiger partial charge in [0.25, 0.3) is 0 Å².